The maximum atomic E-state index is 13.1. The predicted octanol–water partition coefficient (Wildman–Crippen LogP) is 7.08. The number of carbonyl (C=O) groups is 1. The molecule has 194 valence electrons. The van der Waals surface area contributed by atoms with Crippen molar-refractivity contribution in [2.45, 2.75) is 31.2 Å². The van der Waals surface area contributed by atoms with Gasteiger partial charge in [-0.3, -0.25) is 4.79 Å². The second-order valence-electron chi connectivity index (χ2n) is 9.45. The number of carbonyl (C=O) groups excluding carboxylic acids is 1. The molecule has 5 rings (SSSR count). The molecule has 4 aromatic rings. The topological polar surface area (TPSA) is 98.8 Å². The number of fused-ring (bicyclic) bond motifs is 1. The summed E-state index contributed by atoms with van der Waals surface area (Å²) < 4.78 is 5.30. The molecule has 0 saturated carbocycles. The molecular formula is C31H26N4O2S2. The number of ether oxygens (including phenoxy) is 1. The van der Waals surface area contributed by atoms with Gasteiger partial charge in [0.05, 0.1) is 29.7 Å². The summed E-state index contributed by atoms with van der Waals surface area (Å²) in [5.41, 5.74) is 5.31. The fourth-order valence-electron chi connectivity index (χ4n) is 4.74. The van der Waals surface area contributed by atoms with Crippen molar-refractivity contribution >= 4 is 34.0 Å². The van der Waals surface area contributed by atoms with E-state index in [-0.39, 0.29) is 11.7 Å². The molecule has 0 spiro atoms. The Kier molecular flexibility index (Phi) is 7.97. The number of aromatic nitrogens is 1. The van der Waals surface area contributed by atoms with Gasteiger partial charge in [0.25, 0.3) is 0 Å². The Morgan fingerprint density at radius 2 is 1.85 bits per heavy atom. The fourth-order valence-corrected chi connectivity index (χ4v) is 6.92. The Balaban J connectivity index is 1.44. The molecular weight excluding hydrogens is 525 g/mol. The Labute approximate surface area is 236 Å². The molecule has 39 heavy (non-hydrogen) atoms. The zero-order valence-corrected chi connectivity index (χ0v) is 23.3. The van der Waals surface area contributed by atoms with Gasteiger partial charge in [-0.05, 0) is 54.5 Å². The highest BCUT2D eigenvalue weighted by molar-refractivity contribution is 8.00. The zero-order chi connectivity index (χ0) is 27.4. The molecule has 0 aliphatic heterocycles. The van der Waals surface area contributed by atoms with E-state index in [1.54, 1.807) is 7.11 Å². The van der Waals surface area contributed by atoms with Crippen LogP contribution in [0.1, 0.15) is 34.9 Å². The minimum Gasteiger partial charge on any atom is -0.497 e. The van der Waals surface area contributed by atoms with Gasteiger partial charge in [0.1, 0.15) is 27.9 Å². The van der Waals surface area contributed by atoms with E-state index in [0.29, 0.717) is 27.1 Å². The third kappa shape index (κ3) is 5.68. The van der Waals surface area contributed by atoms with Gasteiger partial charge in [0.15, 0.2) is 0 Å². The van der Waals surface area contributed by atoms with E-state index in [1.165, 1.54) is 28.0 Å². The first-order chi connectivity index (χ1) is 19.0. The average molecular weight is 551 g/mol. The third-order valence-electron chi connectivity index (χ3n) is 6.79. The van der Waals surface area contributed by atoms with Crippen LogP contribution in [-0.2, 0) is 17.6 Å². The van der Waals surface area contributed by atoms with E-state index >= 15 is 0 Å². The molecule has 1 atom stereocenters. The van der Waals surface area contributed by atoms with E-state index in [1.807, 2.05) is 60.7 Å². The highest BCUT2D eigenvalue weighted by Crippen LogP contribution is 2.40. The van der Waals surface area contributed by atoms with Crippen LogP contribution in [0.4, 0.5) is 5.00 Å². The fraction of sp³-hybridized carbons (Fsp3) is 0.226. The normalized spacial score (nSPS) is 14.1. The number of methoxy groups -OCH3 is 1. The first kappa shape index (κ1) is 26.5. The van der Waals surface area contributed by atoms with Crippen molar-refractivity contribution < 1.29 is 9.53 Å². The first-order valence-corrected chi connectivity index (χ1v) is 14.4. The summed E-state index contributed by atoms with van der Waals surface area (Å²) in [5.74, 6) is 1.13. The standard InChI is InChI=1S/C31H26N4O2S2/c1-19-8-13-23-25(16-32)31(39-28(23)14-19)35-29(36)18-38-30-26(17-33)24(20-9-11-22(37-2)12-10-20)15-27(34-30)21-6-4-3-5-7-21/h3-7,9-12,15,19H,8,13-14,18H2,1-2H3,(H,35,36)/t19-/m1/s1. The number of pyridine rings is 1. The maximum Gasteiger partial charge on any atom is 0.235 e. The number of rotatable bonds is 7. The Hall–Kier alpha value is -4.11. The van der Waals surface area contributed by atoms with E-state index < -0.39 is 0 Å². The van der Waals surface area contributed by atoms with Crippen LogP contribution in [0.5, 0.6) is 5.75 Å². The van der Waals surface area contributed by atoms with Crippen LogP contribution < -0.4 is 10.1 Å². The zero-order valence-electron chi connectivity index (χ0n) is 21.7. The highest BCUT2D eigenvalue weighted by atomic mass is 32.2. The summed E-state index contributed by atoms with van der Waals surface area (Å²) >= 11 is 2.73. The molecule has 1 aliphatic rings. The first-order valence-electron chi connectivity index (χ1n) is 12.6. The number of amides is 1. The van der Waals surface area contributed by atoms with Gasteiger partial charge >= 0.3 is 0 Å². The van der Waals surface area contributed by atoms with Gasteiger partial charge in [-0.25, -0.2) is 4.98 Å². The van der Waals surface area contributed by atoms with Crippen molar-refractivity contribution in [1.29, 1.82) is 10.5 Å². The maximum absolute atomic E-state index is 13.1. The van der Waals surface area contributed by atoms with Crippen molar-refractivity contribution in [2.75, 3.05) is 18.2 Å². The van der Waals surface area contributed by atoms with E-state index in [9.17, 15) is 15.3 Å². The molecule has 1 aliphatic carbocycles. The molecule has 0 fully saturated rings. The number of anilines is 1. The lowest BCUT2D eigenvalue weighted by molar-refractivity contribution is -0.113. The number of thiophene rings is 1. The smallest absolute Gasteiger partial charge is 0.235 e. The van der Waals surface area contributed by atoms with E-state index in [0.717, 1.165) is 53.0 Å². The SMILES string of the molecule is COc1ccc(-c2cc(-c3ccccc3)nc(SCC(=O)Nc3sc4c(c3C#N)CC[C@@H](C)C4)c2C#N)cc1. The average Bonchev–Trinajstić information content (AvgIpc) is 3.31. The van der Waals surface area contributed by atoms with Crippen LogP contribution >= 0.6 is 23.1 Å². The van der Waals surface area contributed by atoms with Gasteiger partial charge in [-0.1, -0.05) is 61.2 Å². The van der Waals surface area contributed by atoms with Crippen LogP contribution in [-0.4, -0.2) is 23.8 Å². The molecule has 2 heterocycles. The summed E-state index contributed by atoms with van der Waals surface area (Å²) in [6, 6.07) is 23.8. The quantitative estimate of drug-likeness (QED) is 0.247. The lowest BCUT2D eigenvalue weighted by Crippen LogP contribution is -2.14. The van der Waals surface area contributed by atoms with Crippen LogP contribution in [0.3, 0.4) is 0 Å². The van der Waals surface area contributed by atoms with Crippen LogP contribution in [0.25, 0.3) is 22.4 Å². The molecule has 0 unspecified atom stereocenters. The minimum absolute atomic E-state index is 0.0613. The Morgan fingerprint density at radius 1 is 1.10 bits per heavy atom. The molecule has 0 saturated heterocycles. The summed E-state index contributed by atoms with van der Waals surface area (Å²) in [4.78, 5) is 19.0. The molecule has 2 aromatic carbocycles. The predicted molar refractivity (Wildman–Crippen MR) is 156 cm³/mol. The number of hydrogen-bond acceptors (Lipinski definition) is 7. The van der Waals surface area contributed by atoms with Crippen LogP contribution in [0.2, 0.25) is 0 Å². The number of thioether (sulfide) groups is 1. The van der Waals surface area contributed by atoms with Gasteiger partial charge in [0, 0.05) is 16.0 Å². The Bertz CT molecular complexity index is 1600. The number of benzene rings is 2. The summed E-state index contributed by atoms with van der Waals surface area (Å²) in [5, 5.41) is 24.0. The monoisotopic (exact) mass is 550 g/mol. The molecule has 6 nitrogen and oxygen atoms in total. The van der Waals surface area contributed by atoms with Crippen molar-refractivity contribution in [3.63, 3.8) is 0 Å². The summed E-state index contributed by atoms with van der Waals surface area (Å²) in [6.07, 6.45) is 2.87. The second kappa shape index (κ2) is 11.7. The third-order valence-corrected chi connectivity index (χ3v) is 8.93. The number of nitrogens with zero attached hydrogens (tertiary/aromatic N) is 3. The largest absolute Gasteiger partial charge is 0.497 e. The van der Waals surface area contributed by atoms with Gasteiger partial charge in [-0.2, -0.15) is 10.5 Å². The van der Waals surface area contributed by atoms with Gasteiger partial charge in [0.2, 0.25) is 5.91 Å². The molecule has 0 bridgehead atoms. The van der Waals surface area contributed by atoms with Crippen molar-refractivity contribution in [3.05, 3.63) is 82.2 Å². The van der Waals surface area contributed by atoms with Crippen molar-refractivity contribution in [3.8, 4) is 40.3 Å². The molecule has 1 N–H and O–H groups in total. The van der Waals surface area contributed by atoms with Crippen molar-refractivity contribution in [2.24, 2.45) is 5.92 Å². The van der Waals surface area contributed by atoms with Gasteiger partial charge in [-0.15, -0.1) is 11.3 Å². The molecule has 8 heteroatoms. The number of nitrogens with one attached hydrogen (secondary N) is 1. The van der Waals surface area contributed by atoms with Gasteiger partial charge < -0.3 is 10.1 Å². The van der Waals surface area contributed by atoms with Crippen molar-refractivity contribution in [1.82, 2.24) is 4.98 Å². The summed E-state index contributed by atoms with van der Waals surface area (Å²) in [7, 11) is 1.61. The number of nitriles is 2. The number of hydrogen-bond donors (Lipinski definition) is 1. The lowest BCUT2D eigenvalue weighted by atomic mass is 9.89. The lowest BCUT2D eigenvalue weighted by Gasteiger charge is -2.17. The minimum atomic E-state index is -0.232. The van der Waals surface area contributed by atoms with Crippen LogP contribution in [0.15, 0.2) is 65.7 Å². The molecule has 1 amide bonds. The van der Waals surface area contributed by atoms with Crippen LogP contribution in [0, 0.1) is 28.6 Å². The van der Waals surface area contributed by atoms with E-state index in [4.69, 9.17) is 9.72 Å². The second-order valence-corrected chi connectivity index (χ2v) is 11.5. The molecule has 2 aromatic heterocycles. The summed E-state index contributed by atoms with van der Waals surface area (Å²) in [6.45, 7) is 2.22. The van der Waals surface area contributed by atoms with E-state index in [2.05, 4.69) is 24.4 Å². The Morgan fingerprint density at radius 3 is 2.54 bits per heavy atom. The molecule has 0 radical (unpaired) electrons. The highest BCUT2D eigenvalue weighted by Gasteiger charge is 2.25.